The molecule has 0 bridgehead atoms. The molecule has 0 saturated carbocycles. The van der Waals surface area contributed by atoms with Gasteiger partial charge in [-0.25, -0.2) is 16.8 Å². The fourth-order valence-electron chi connectivity index (χ4n) is 2.50. The average molecular weight is 412 g/mol. The maximum Gasteiger partial charge on any atom is 1.00 e. The van der Waals surface area contributed by atoms with E-state index < -0.39 is 52.7 Å². The van der Waals surface area contributed by atoms with Gasteiger partial charge in [0.2, 0.25) is 0 Å². The molecule has 0 amide bonds. The Morgan fingerprint density at radius 2 is 1.19 bits per heavy atom. The molecule has 0 heterocycles. The summed E-state index contributed by atoms with van der Waals surface area (Å²) in [6.07, 6.45) is 0. The van der Waals surface area contributed by atoms with Crippen molar-refractivity contribution in [3.8, 4) is 0 Å². The zero-order valence-corrected chi connectivity index (χ0v) is 19.2. The van der Waals surface area contributed by atoms with Gasteiger partial charge in [0.15, 0.2) is 11.6 Å². The first kappa shape index (κ1) is 23.6. The first-order valence-corrected chi connectivity index (χ1v) is 9.12. The zero-order chi connectivity index (χ0) is 17.9. The third kappa shape index (κ3) is 4.04. The van der Waals surface area contributed by atoms with Gasteiger partial charge >= 0.3 is 59.1 Å². The summed E-state index contributed by atoms with van der Waals surface area (Å²) in [7, 11) is -10.5. The summed E-state index contributed by atoms with van der Waals surface area (Å²) < 4.78 is 67.8. The van der Waals surface area contributed by atoms with E-state index in [2.05, 4.69) is 0 Å². The smallest absolute Gasteiger partial charge is 0.744 e. The second-order valence-electron chi connectivity index (χ2n) is 4.96. The molecule has 1 aliphatic carbocycles. The van der Waals surface area contributed by atoms with Crippen molar-refractivity contribution in [2.24, 2.45) is 0 Å². The molecule has 0 unspecified atom stereocenters. The fraction of sp³-hybridized carbons (Fsp3) is 0. The van der Waals surface area contributed by atoms with Crippen molar-refractivity contribution in [3.63, 3.8) is 0 Å². The molecule has 1 aliphatic rings. The van der Waals surface area contributed by atoms with Crippen molar-refractivity contribution < 1.29 is 94.6 Å². The first-order chi connectivity index (χ1) is 11.0. The Bertz CT molecular complexity index is 1140. The average Bonchev–Trinajstić information content (AvgIpc) is 2.49. The predicted molar refractivity (Wildman–Crippen MR) is 75.7 cm³/mol. The van der Waals surface area contributed by atoms with Gasteiger partial charge in [-0.2, -0.15) is 0 Å². The maximum atomic E-state index is 12.5. The summed E-state index contributed by atoms with van der Waals surface area (Å²) in [5.74, 6) is -1.76. The van der Waals surface area contributed by atoms with Crippen LogP contribution in [-0.4, -0.2) is 37.5 Å². The molecule has 0 radical (unpaired) electrons. The molecule has 0 fully saturated rings. The minimum atomic E-state index is -5.31. The third-order valence-electron chi connectivity index (χ3n) is 3.52. The topological polar surface area (TPSA) is 149 Å². The summed E-state index contributed by atoms with van der Waals surface area (Å²) in [4.78, 5) is 22.7. The van der Waals surface area contributed by atoms with Crippen molar-refractivity contribution >= 4 is 31.8 Å². The van der Waals surface area contributed by atoms with Crippen LogP contribution in [0.2, 0.25) is 0 Å². The molecule has 0 N–H and O–H groups in total. The van der Waals surface area contributed by atoms with Crippen LogP contribution in [0.1, 0.15) is 31.8 Å². The Labute approximate surface area is 193 Å². The van der Waals surface area contributed by atoms with Crippen molar-refractivity contribution in [1.29, 1.82) is 0 Å². The number of ketones is 2. The summed E-state index contributed by atoms with van der Waals surface area (Å²) in [5.41, 5.74) is -1.52. The van der Waals surface area contributed by atoms with Gasteiger partial charge in [-0.15, -0.1) is 0 Å². The molecule has 8 nitrogen and oxygen atoms in total. The molecule has 0 saturated heterocycles. The monoisotopic (exact) mass is 412 g/mol. The zero-order valence-electron chi connectivity index (χ0n) is 13.5. The van der Waals surface area contributed by atoms with Crippen molar-refractivity contribution in [3.05, 3.63) is 58.7 Å². The van der Waals surface area contributed by atoms with Gasteiger partial charge in [0.25, 0.3) is 0 Å². The number of fused-ring (bicyclic) bond motifs is 2. The largest absolute Gasteiger partial charge is 1.00 e. The van der Waals surface area contributed by atoms with E-state index in [0.717, 1.165) is 0 Å². The molecule has 0 aromatic heterocycles. The molecular formula is C14H6Na2O8S2. The van der Waals surface area contributed by atoms with Crippen LogP contribution in [0, 0.1) is 0 Å². The summed E-state index contributed by atoms with van der Waals surface area (Å²) in [6.45, 7) is 0. The number of hydrogen-bond donors (Lipinski definition) is 0. The van der Waals surface area contributed by atoms with Crippen molar-refractivity contribution in [1.82, 2.24) is 0 Å². The van der Waals surface area contributed by atoms with E-state index in [1.54, 1.807) is 0 Å². The van der Waals surface area contributed by atoms with E-state index in [9.17, 15) is 35.5 Å². The van der Waals surface area contributed by atoms with E-state index in [-0.39, 0.29) is 70.2 Å². The van der Waals surface area contributed by atoms with Gasteiger partial charge in [0, 0.05) is 16.7 Å². The number of benzene rings is 2. The molecule has 124 valence electrons. The first-order valence-electron chi connectivity index (χ1n) is 6.30. The van der Waals surface area contributed by atoms with Crippen LogP contribution in [0.5, 0.6) is 0 Å². The second kappa shape index (κ2) is 7.92. The quantitative estimate of drug-likeness (QED) is 0.299. The van der Waals surface area contributed by atoms with Gasteiger partial charge in [-0.3, -0.25) is 9.59 Å². The van der Waals surface area contributed by atoms with Crippen LogP contribution >= 0.6 is 0 Å². The number of carbonyl (C=O) groups excluding carboxylic acids is 2. The van der Waals surface area contributed by atoms with Gasteiger partial charge in [-0.05, 0) is 12.1 Å². The van der Waals surface area contributed by atoms with E-state index in [1.165, 1.54) is 24.3 Å². The second-order valence-corrected chi connectivity index (χ2v) is 7.68. The summed E-state index contributed by atoms with van der Waals surface area (Å²) in [6, 6.07) is 6.39. The molecule has 3 rings (SSSR count). The molecule has 0 atom stereocenters. The summed E-state index contributed by atoms with van der Waals surface area (Å²) in [5, 5.41) is 0. The predicted octanol–water partition coefficient (Wildman–Crippen LogP) is -5.72. The van der Waals surface area contributed by atoms with Crippen molar-refractivity contribution in [2.45, 2.75) is 9.79 Å². The van der Waals surface area contributed by atoms with E-state index in [1.807, 2.05) is 0 Å². The van der Waals surface area contributed by atoms with E-state index in [4.69, 9.17) is 0 Å². The fourth-order valence-corrected chi connectivity index (χ4v) is 3.83. The molecule has 2 aromatic carbocycles. The molecule has 2 aromatic rings. The van der Waals surface area contributed by atoms with E-state index in [0.29, 0.717) is 12.1 Å². The van der Waals surface area contributed by atoms with Gasteiger partial charge in [0.1, 0.15) is 20.2 Å². The Kier molecular flexibility index (Phi) is 7.20. The third-order valence-corrected chi connectivity index (χ3v) is 5.20. The van der Waals surface area contributed by atoms with E-state index >= 15 is 0 Å². The van der Waals surface area contributed by atoms with Crippen LogP contribution < -0.4 is 59.1 Å². The maximum absolute atomic E-state index is 12.5. The Balaban J connectivity index is 0.00000169. The Morgan fingerprint density at radius 1 is 0.692 bits per heavy atom. The molecule has 0 aliphatic heterocycles. The number of rotatable bonds is 2. The molecule has 26 heavy (non-hydrogen) atoms. The van der Waals surface area contributed by atoms with Crippen LogP contribution in [0.3, 0.4) is 0 Å². The Morgan fingerprint density at radius 3 is 1.65 bits per heavy atom. The molecular weight excluding hydrogens is 406 g/mol. The van der Waals surface area contributed by atoms with Gasteiger partial charge in [0.05, 0.1) is 15.4 Å². The van der Waals surface area contributed by atoms with Crippen LogP contribution in [0.4, 0.5) is 0 Å². The molecule has 0 spiro atoms. The van der Waals surface area contributed by atoms with Crippen LogP contribution in [0.15, 0.2) is 46.2 Å². The normalized spacial score (nSPS) is 13.2. The number of hydrogen-bond acceptors (Lipinski definition) is 8. The van der Waals surface area contributed by atoms with Crippen LogP contribution in [0.25, 0.3) is 0 Å². The minimum Gasteiger partial charge on any atom is -0.744 e. The molecule has 12 heteroatoms. The van der Waals surface area contributed by atoms with Gasteiger partial charge in [-0.1, -0.05) is 24.3 Å². The van der Waals surface area contributed by atoms with Crippen molar-refractivity contribution in [2.75, 3.05) is 0 Å². The standard InChI is InChI=1S/C14H8O8S2.2Na/c15-13-8-3-1-2-4-9(8)14(16)12-10(13)5-7(23(17,18)19)6-11(12)24(20,21)22;;/h1-6H,(H,17,18,19)(H,20,21,22);;/q;2*+1/p-2. The Hall–Kier alpha value is -0.400. The van der Waals surface area contributed by atoms with Crippen LogP contribution in [-0.2, 0) is 20.2 Å². The number of carbonyl (C=O) groups is 2. The summed E-state index contributed by atoms with van der Waals surface area (Å²) >= 11 is 0. The minimum absolute atomic E-state index is 0. The SMILES string of the molecule is O=C1c2ccccc2C(=O)c2c1cc(S(=O)(=O)[O-])cc2S(=O)(=O)[O-].[Na+].[Na+]. The van der Waals surface area contributed by atoms with Gasteiger partial charge < -0.3 is 9.11 Å².